The highest BCUT2D eigenvalue weighted by Gasteiger charge is 2.35. The van der Waals surface area contributed by atoms with Crippen LogP contribution in [0.15, 0.2) is 11.6 Å². The van der Waals surface area contributed by atoms with Gasteiger partial charge in [-0.1, -0.05) is 0 Å². The van der Waals surface area contributed by atoms with Crippen LogP contribution in [0.3, 0.4) is 0 Å². The lowest BCUT2D eigenvalue weighted by molar-refractivity contribution is -0.141. The van der Waals surface area contributed by atoms with Crippen molar-refractivity contribution in [2.75, 3.05) is 12.5 Å². The van der Waals surface area contributed by atoms with Crippen LogP contribution in [0.4, 0.5) is 9.93 Å². The molecule has 1 amide bonds. The molecule has 0 saturated carbocycles. The zero-order valence-corrected chi connectivity index (χ0v) is 15.3. The lowest BCUT2D eigenvalue weighted by Crippen LogP contribution is -2.52. The number of esters is 1. The van der Waals surface area contributed by atoms with Gasteiger partial charge in [-0.05, 0) is 41.0 Å². The topological polar surface area (TPSA) is 80.8 Å². The summed E-state index contributed by atoms with van der Waals surface area (Å²) in [4.78, 5) is 28.1. The predicted molar refractivity (Wildman–Crippen MR) is 89.1 cm³/mol. The Kier molecular flexibility index (Phi) is 6.37. The van der Waals surface area contributed by atoms with Gasteiger partial charge >= 0.3 is 12.1 Å². The monoisotopic (exact) mass is 343 g/mol. The molecule has 0 bridgehead atoms. The van der Waals surface area contributed by atoms with E-state index in [0.717, 1.165) is 0 Å². The number of carbonyl (C=O) groups excluding carboxylic acids is 2. The van der Waals surface area contributed by atoms with Crippen LogP contribution in [0, 0.1) is 0 Å². The number of hydrogen-bond acceptors (Lipinski definition) is 7. The summed E-state index contributed by atoms with van der Waals surface area (Å²) in [5, 5.41) is 3.75. The van der Waals surface area contributed by atoms with Crippen LogP contribution in [0.1, 0.15) is 47.5 Å². The van der Waals surface area contributed by atoms with Gasteiger partial charge in [-0.15, -0.1) is 11.3 Å². The number of hydrogen-bond donors (Lipinski definition) is 1. The summed E-state index contributed by atoms with van der Waals surface area (Å²) in [6.07, 6.45) is 1.73. The van der Waals surface area contributed by atoms with Crippen LogP contribution in [-0.2, 0) is 14.3 Å². The average Bonchev–Trinajstić information content (AvgIpc) is 2.93. The van der Waals surface area contributed by atoms with Crippen molar-refractivity contribution >= 4 is 28.5 Å². The third-order valence-electron chi connectivity index (χ3n) is 2.99. The first-order valence-corrected chi connectivity index (χ1v) is 8.19. The van der Waals surface area contributed by atoms with Gasteiger partial charge in [-0.25, -0.2) is 14.8 Å². The molecule has 0 unspecified atom stereocenters. The number of ether oxygens (including phenoxy) is 2. The molecule has 0 saturated heterocycles. The van der Waals surface area contributed by atoms with Gasteiger partial charge in [0.2, 0.25) is 5.13 Å². The Bertz CT molecular complexity index is 523. The Balaban J connectivity index is 2.92. The molecule has 0 aromatic carbocycles. The maximum absolute atomic E-state index is 12.5. The van der Waals surface area contributed by atoms with Crippen LogP contribution >= 0.6 is 11.3 Å². The summed E-state index contributed by atoms with van der Waals surface area (Å²) in [6.45, 7) is 9.09. The molecule has 0 radical (unpaired) electrons. The summed E-state index contributed by atoms with van der Waals surface area (Å²) in [6, 6.07) is 0. The minimum atomic E-state index is -0.678. The first-order valence-electron chi connectivity index (χ1n) is 7.31. The lowest BCUT2D eigenvalue weighted by atomic mass is 9.98. The second-order valence-electron chi connectivity index (χ2n) is 6.65. The highest BCUT2D eigenvalue weighted by molar-refractivity contribution is 7.13. The predicted octanol–water partition coefficient (Wildman–Crippen LogP) is 3.44. The van der Waals surface area contributed by atoms with E-state index in [1.54, 1.807) is 32.3 Å². The molecule has 1 N–H and O–H groups in total. The third kappa shape index (κ3) is 6.43. The second kappa shape index (κ2) is 7.63. The van der Waals surface area contributed by atoms with Gasteiger partial charge in [0, 0.05) is 18.0 Å². The number of amides is 1. The van der Waals surface area contributed by atoms with Gasteiger partial charge in [0.05, 0.1) is 12.6 Å². The van der Waals surface area contributed by atoms with Crippen LogP contribution in [0.2, 0.25) is 0 Å². The maximum atomic E-state index is 12.5. The molecular weight excluding hydrogens is 318 g/mol. The smallest absolute Gasteiger partial charge is 0.429 e. The Morgan fingerprint density at radius 1 is 1.30 bits per heavy atom. The summed E-state index contributed by atoms with van der Waals surface area (Å²) >= 11 is 1.37. The zero-order chi connectivity index (χ0) is 17.7. The summed E-state index contributed by atoms with van der Waals surface area (Å²) in [7, 11) is 1.34. The van der Waals surface area contributed by atoms with Crippen molar-refractivity contribution in [3.8, 4) is 0 Å². The molecular formula is C15H25N3O4S. The molecule has 0 aliphatic heterocycles. The summed E-state index contributed by atoms with van der Waals surface area (Å²) in [5.74, 6) is -0.323. The van der Waals surface area contributed by atoms with E-state index in [-0.39, 0.29) is 12.4 Å². The standard InChI is InChI=1S/C15H25N3O4S/c1-14(2,3)22-13(20)18(17-12-16-9-10-23-12)15(4,5)8-7-11(19)21-6/h9-10H,7-8H2,1-6H3,(H,16,17). The van der Waals surface area contributed by atoms with Crippen molar-refractivity contribution in [2.24, 2.45) is 0 Å². The number of hydrazine groups is 1. The molecule has 1 rings (SSSR count). The van der Waals surface area contributed by atoms with Gasteiger partial charge in [0.1, 0.15) is 5.60 Å². The largest absolute Gasteiger partial charge is 0.469 e. The van der Waals surface area contributed by atoms with E-state index in [4.69, 9.17) is 4.74 Å². The fourth-order valence-electron chi connectivity index (χ4n) is 1.75. The van der Waals surface area contributed by atoms with Gasteiger partial charge in [0.15, 0.2) is 0 Å². The molecule has 8 heteroatoms. The molecule has 0 atom stereocenters. The summed E-state index contributed by atoms with van der Waals surface area (Å²) < 4.78 is 10.1. The fourth-order valence-corrected chi connectivity index (χ4v) is 2.26. The normalized spacial score (nSPS) is 11.7. The number of methoxy groups -OCH3 is 1. The van der Waals surface area contributed by atoms with Gasteiger partial charge < -0.3 is 9.47 Å². The Labute approximate surface area is 141 Å². The number of rotatable bonds is 6. The molecule has 1 aromatic rings. The minimum absolute atomic E-state index is 0.197. The first kappa shape index (κ1) is 19.2. The van der Waals surface area contributed by atoms with Gasteiger partial charge in [0.25, 0.3) is 0 Å². The molecule has 0 spiro atoms. The van der Waals surface area contributed by atoms with Crippen LogP contribution in [0.5, 0.6) is 0 Å². The molecule has 1 heterocycles. The fraction of sp³-hybridized carbons (Fsp3) is 0.667. The maximum Gasteiger partial charge on any atom is 0.429 e. The number of nitrogens with zero attached hydrogens (tertiary/aromatic N) is 2. The number of thiazole rings is 1. The Hall–Kier alpha value is -1.83. The van der Waals surface area contributed by atoms with E-state index in [1.165, 1.54) is 23.5 Å². The van der Waals surface area contributed by atoms with Gasteiger partial charge in [-0.3, -0.25) is 10.2 Å². The molecule has 0 aliphatic rings. The van der Waals surface area contributed by atoms with Crippen LogP contribution in [-0.4, -0.2) is 40.3 Å². The molecule has 7 nitrogen and oxygen atoms in total. The SMILES string of the molecule is COC(=O)CCC(C)(C)N(Nc1nccs1)C(=O)OC(C)(C)C. The van der Waals surface area contributed by atoms with Crippen molar-refractivity contribution in [1.29, 1.82) is 0 Å². The number of nitrogens with one attached hydrogen (secondary N) is 1. The van der Waals surface area contributed by atoms with E-state index >= 15 is 0 Å². The molecule has 0 aliphatic carbocycles. The highest BCUT2D eigenvalue weighted by atomic mass is 32.1. The van der Waals surface area contributed by atoms with Crippen molar-refractivity contribution in [1.82, 2.24) is 9.99 Å². The van der Waals surface area contributed by atoms with Crippen molar-refractivity contribution in [3.63, 3.8) is 0 Å². The quantitative estimate of drug-likeness (QED) is 0.629. The van der Waals surface area contributed by atoms with Gasteiger partial charge in [-0.2, -0.15) is 0 Å². The number of anilines is 1. The molecule has 23 heavy (non-hydrogen) atoms. The van der Waals surface area contributed by atoms with Crippen molar-refractivity contribution < 1.29 is 19.1 Å². The van der Waals surface area contributed by atoms with Crippen molar-refractivity contribution in [3.05, 3.63) is 11.6 Å². The van der Waals surface area contributed by atoms with Crippen LogP contribution < -0.4 is 5.43 Å². The van der Waals surface area contributed by atoms with E-state index < -0.39 is 17.2 Å². The minimum Gasteiger partial charge on any atom is -0.469 e. The molecule has 0 fully saturated rings. The Morgan fingerprint density at radius 2 is 1.96 bits per heavy atom. The lowest BCUT2D eigenvalue weighted by Gasteiger charge is -2.38. The zero-order valence-electron chi connectivity index (χ0n) is 14.5. The van der Waals surface area contributed by atoms with E-state index in [1.807, 2.05) is 13.8 Å². The Morgan fingerprint density at radius 3 is 2.43 bits per heavy atom. The highest BCUT2D eigenvalue weighted by Crippen LogP contribution is 2.25. The third-order valence-corrected chi connectivity index (χ3v) is 3.67. The second-order valence-corrected chi connectivity index (χ2v) is 7.55. The van der Waals surface area contributed by atoms with Crippen molar-refractivity contribution in [2.45, 2.75) is 58.6 Å². The number of aromatic nitrogens is 1. The average molecular weight is 343 g/mol. The van der Waals surface area contributed by atoms with Crippen LogP contribution in [0.25, 0.3) is 0 Å². The first-order chi connectivity index (χ1) is 10.5. The summed E-state index contributed by atoms with van der Waals surface area (Å²) in [5.41, 5.74) is 1.67. The van der Waals surface area contributed by atoms with E-state index in [9.17, 15) is 9.59 Å². The molecule has 1 aromatic heterocycles. The van der Waals surface area contributed by atoms with E-state index in [0.29, 0.717) is 11.6 Å². The number of carbonyl (C=O) groups is 2. The van der Waals surface area contributed by atoms with E-state index in [2.05, 4.69) is 15.1 Å². The molecule has 130 valence electrons.